The molecule has 3 aliphatic rings. The molecule has 24 heavy (non-hydrogen) atoms. The Bertz CT molecular complexity index is 584. The summed E-state index contributed by atoms with van der Waals surface area (Å²) in [6.45, 7) is 5.19. The first-order chi connectivity index (χ1) is 11.7. The van der Waals surface area contributed by atoms with Crippen LogP contribution in [0.4, 0.5) is 0 Å². The molecule has 6 nitrogen and oxygen atoms in total. The number of nitrogens with one attached hydrogen (secondary N) is 1. The maximum absolute atomic E-state index is 12.2. The van der Waals surface area contributed by atoms with Crippen LogP contribution in [-0.4, -0.2) is 72.2 Å². The topological polar surface area (TPSA) is 57.7 Å². The van der Waals surface area contributed by atoms with E-state index in [0.717, 1.165) is 38.6 Å². The molecule has 0 bridgehead atoms. The number of morpholine rings is 1. The summed E-state index contributed by atoms with van der Waals surface area (Å²) in [4.78, 5) is 21.1. The Labute approximate surface area is 143 Å². The van der Waals surface area contributed by atoms with Gasteiger partial charge in [0.25, 0.3) is 0 Å². The van der Waals surface area contributed by atoms with Crippen LogP contribution in [0.2, 0.25) is 0 Å². The first-order valence-electron chi connectivity index (χ1n) is 8.88. The fraction of sp³-hybridized carbons (Fsp3) is 0.667. The number of rotatable bonds is 5. The van der Waals surface area contributed by atoms with Gasteiger partial charge in [-0.1, -0.05) is 6.07 Å². The Morgan fingerprint density at radius 1 is 1.42 bits per heavy atom. The minimum atomic E-state index is -0.131. The van der Waals surface area contributed by atoms with Crippen LogP contribution in [-0.2, 0) is 16.1 Å². The molecule has 1 aromatic rings. The monoisotopic (exact) mass is 330 g/mol. The van der Waals surface area contributed by atoms with E-state index in [1.165, 1.54) is 18.4 Å². The molecule has 0 radical (unpaired) electrons. The Morgan fingerprint density at radius 3 is 2.92 bits per heavy atom. The molecule has 0 unspecified atom stereocenters. The zero-order chi connectivity index (χ0) is 16.6. The fourth-order valence-corrected chi connectivity index (χ4v) is 3.94. The average Bonchev–Trinajstić information content (AvgIpc) is 3.38. The van der Waals surface area contributed by atoms with E-state index in [1.54, 1.807) is 13.2 Å². The van der Waals surface area contributed by atoms with Crippen LogP contribution in [0.3, 0.4) is 0 Å². The van der Waals surface area contributed by atoms with Gasteiger partial charge in [-0.05, 0) is 30.4 Å². The van der Waals surface area contributed by atoms with Crippen LogP contribution < -0.4 is 5.32 Å². The molecular weight excluding hydrogens is 304 g/mol. The van der Waals surface area contributed by atoms with E-state index in [1.807, 2.05) is 12.3 Å². The van der Waals surface area contributed by atoms with Crippen LogP contribution in [0.5, 0.6) is 0 Å². The number of hydrogen-bond donors (Lipinski definition) is 1. The van der Waals surface area contributed by atoms with Crippen molar-refractivity contribution in [3.8, 4) is 0 Å². The number of hydrogen-bond acceptors (Lipinski definition) is 5. The maximum Gasteiger partial charge on any atom is 0.239 e. The molecule has 2 saturated heterocycles. The number of ether oxygens (including phenoxy) is 1. The lowest BCUT2D eigenvalue weighted by atomic mass is 9.89. The summed E-state index contributed by atoms with van der Waals surface area (Å²) in [5, 5.41) is 2.79. The molecule has 1 aliphatic carbocycles. The number of nitrogens with zero attached hydrogens (tertiary/aromatic N) is 3. The van der Waals surface area contributed by atoms with Gasteiger partial charge in [0.15, 0.2) is 0 Å². The largest absolute Gasteiger partial charge is 0.369 e. The third-order valence-corrected chi connectivity index (χ3v) is 5.37. The van der Waals surface area contributed by atoms with Crippen LogP contribution in [0.15, 0.2) is 24.5 Å². The van der Waals surface area contributed by atoms with Crippen molar-refractivity contribution in [2.24, 2.45) is 5.92 Å². The number of likely N-dealkylation sites (tertiary alicyclic amines) is 1. The van der Waals surface area contributed by atoms with Crippen molar-refractivity contribution in [1.29, 1.82) is 0 Å². The Hall–Kier alpha value is -1.50. The van der Waals surface area contributed by atoms with Crippen molar-refractivity contribution in [3.05, 3.63) is 30.1 Å². The van der Waals surface area contributed by atoms with E-state index >= 15 is 0 Å². The van der Waals surface area contributed by atoms with Crippen molar-refractivity contribution in [1.82, 2.24) is 20.1 Å². The van der Waals surface area contributed by atoms with Crippen molar-refractivity contribution >= 4 is 5.91 Å². The first-order valence-corrected chi connectivity index (χ1v) is 8.88. The van der Waals surface area contributed by atoms with Crippen LogP contribution in [0.1, 0.15) is 18.4 Å². The van der Waals surface area contributed by atoms with Gasteiger partial charge in [-0.3, -0.25) is 19.6 Å². The summed E-state index contributed by atoms with van der Waals surface area (Å²) in [6.07, 6.45) is 6.34. The molecule has 1 aromatic heterocycles. The molecule has 3 heterocycles. The highest BCUT2D eigenvalue weighted by molar-refractivity contribution is 5.81. The van der Waals surface area contributed by atoms with Crippen molar-refractivity contribution < 1.29 is 9.53 Å². The van der Waals surface area contributed by atoms with Gasteiger partial charge in [0, 0.05) is 52.2 Å². The second-order valence-corrected chi connectivity index (χ2v) is 7.50. The lowest BCUT2D eigenvalue weighted by molar-refractivity contribution is -0.203. The maximum atomic E-state index is 12.2. The number of pyridine rings is 1. The molecule has 1 atom stereocenters. The molecule has 2 aliphatic heterocycles. The highest BCUT2D eigenvalue weighted by atomic mass is 16.5. The minimum Gasteiger partial charge on any atom is -0.369 e. The van der Waals surface area contributed by atoms with Gasteiger partial charge in [0.05, 0.1) is 6.61 Å². The van der Waals surface area contributed by atoms with Crippen molar-refractivity contribution in [2.45, 2.75) is 31.0 Å². The molecular formula is C18H26N4O2. The van der Waals surface area contributed by atoms with Gasteiger partial charge < -0.3 is 10.1 Å². The molecule has 6 heteroatoms. The quantitative estimate of drug-likeness (QED) is 0.852. The number of aromatic nitrogens is 1. The normalized spacial score (nSPS) is 27.0. The van der Waals surface area contributed by atoms with E-state index in [2.05, 4.69) is 26.2 Å². The third kappa shape index (κ3) is 3.31. The fourth-order valence-electron chi connectivity index (χ4n) is 3.94. The second kappa shape index (κ2) is 6.43. The molecule has 1 N–H and O–H groups in total. The van der Waals surface area contributed by atoms with Gasteiger partial charge in [0.1, 0.15) is 11.6 Å². The zero-order valence-corrected chi connectivity index (χ0v) is 14.3. The van der Waals surface area contributed by atoms with Crippen LogP contribution >= 0.6 is 0 Å². The van der Waals surface area contributed by atoms with Gasteiger partial charge >= 0.3 is 0 Å². The summed E-state index contributed by atoms with van der Waals surface area (Å²) in [7, 11) is 1.71. The van der Waals surface area contributed by atoms with E-state index < -0.39 is 0 Å². The zero-order valence-electron chi connectivity index (χ0n) is 14.3. The lowest BCUT2D eigenvalue weighted by Crippen LogP contribution is -2.72. The lowest BCUT2D eigenvalue weighted by Gasteiger charge is -2.55. The number of amides is 1. The standard InChI is InChI=1S/C18H26N4O2/c1-19-17(23)16-10-24-18(13-22(16)9-14-4-5-14)11-21(12-18)8-15-3-2-6-20-7-15/h2-3,6-7,14,16H,4-5,8-13H2,1H3,(H,19,23)/t16-/m0/s1. The summed E-state index contributed by atoms with van der Waals surface area (Å²) in [6, 6.07) is 3.96. The van der Waals surface area contributed by atoms with Gasteiger partial charge in [0.2, 0.25) is 5.91 Å². The molecule has 3 fully saturated rings. The molecule has 1 amide bonds. The highest BCUT2D eigenvalue weighted by Crippen LogP contribution is 2.36. The van der Waals surface area contributed by atoms with E-state index in [-0.39, 0.29) is 17.6 Å². The first kappa shape index (κ1) is 16.0. The third-order valence-electron chi connectivity index (χ3n) is 5.37. The summed E-state index contributed by atoms with van der Waals surface area (Å²) in [5.41, 5.74) is 1.14. The van der Waals surface area contributed by atoms with Gasteiger partial charge in [-0.2, -0.15) is 0 Å². The summed E-state index contributed by atoms with van der Waals surface area (Å²) < 4.78 is 6.18. The number of likely N-dealkylation sites (N-methyl/N-ethyl adjacent to an activating group) is 1. The predicted octanol–water partition coefficient (Wildman–Crippen LogP) is 0.493. The highest BCUT2D eigenvalue weighted by Gasteiger charge is 2.50. The Balaban J connectivity index is 1.36. The van der Waals surface area contributed by atoms with Crippen molar-refractivity contribution in [2.75, 3.05) is 39.8 Å². The van der Waals surface area contributed by atoms with Gasteiger partial charge in [-0.15, -0.1) is 0 Å². The van der Waals surface area contributed by atoms with E-state index in [9.17, 15) is 4.79 Å². The molecule has 4 rings (SSSR count). The molecule has 0 aromatic carbocycles. The summed E-state index contributed by atoms with van der Waals surface area (Å²) >= 11 is 0. The molecule has 130 valence electrons. The SMILES string of the molecule is CNC(=O)[C@@H]1COC2(CN(Cc3cccnc3)C2)CN1CC1CC1. The van der Waals surface area contributed by atoms with Crippen molar-refractivity contribution in [3.63, 3.8) is 0 Å². The smallest absolute Gasteiger partial charge is 0.239 e. The Kier molecular flexibility index (Phi) is 4.28. The molecule has 1 saturated carbocycles. The number of carbonyl (C=O) groups excluding carboxylic acids is 1. The Morgan fingerprint density at radius 2 is 2.25 bits per heavy atom. The van der Waals surface area contributed by atoms with Crippen LogP contribution in [0, 0.1) is 5.92 Å². The predicted molar refractivity (Wildman–Crippen MR) is 90.3 cm³/mol. The summed E-state index contributed by atoms with van der Waals surface area (Å²) in [5.74, 6) is 0.857. The molecule has 1 spiro atoms. The average molecular weight is 330 g/mol. The minimum absolute atomic E-state index is 0.0806. The van der Waals surface area contributed by atoms with Gasteiger partial charge in [-0.25, -0.2) is 0 Å². The van der Waals surface area contributed by atoms with E-state index in [4.69, 9.17) is 4.74 Å². The number of carbonyl (C=O) groups is 1. The second-order valence-electron chi connectivity index (χ2n) is 7.50. The van der Waals surface area contributed by atoms with Crippen LogP contribution in [0.25, 0.3) is 0 Å². The van der Waals surface area contributed by atoms with E-state index in [0.29, 0.717) is 6.61 Å².